The number of carbonyl (C=O) groups is 1. The highest BCUT2D eigenvalue weighted by molar-refractivity contribution is 7.98. The van der Waals surface area contributed by atoms with Gasteiger partial charge in [-0.3, -0.25) is 9.69 Å². The molecule has 1 aliphatic rings. The number of rotatable bonds is 6. The van der Waals surface area contributed by atoms with Crippen LogP contribution in [0, 0.1) is 0 Å². The van der Waals surface area contributed by atoms with Crippen LogP contribution >= 0.6 is 11.8 Å². The van der Waals surface area contributed by atoms with Crippen LogP contribution in [0.2, 0.25) is 0 Å². The van der Waals surface area contributed by atoms with Crippen LogP contribution in [0.4, 0.5) is 5.69 Å². The second-order valence-corrected chi connectivity index (χ2v) is 8.13. The van der Waals surface area contributed by atoms with Crippen LogP contribution in [0.3, 0.4) is 0 Å². The lowest BCUT2D eigenvalue weighted by Crippen LogP contribution is -2.46. The fourth-order valence-electron chi connectivity index (χ4n) is 3.84. The molecule has 0 radical (unpaired) electrons. The summed E-state index contributed by atoms with van der Waals surface area (Å²) in [6.45, 7) is 0.807. The monoisotopic (exact) mass is 384 g/mol. The Morgan fingerprint density at radius 1 is 1.07 bits per heavy atom. The molecule has 5 heteroatoms. The van der Waals surface area contributed by atoms with Gasteiger partial charge >= 0.3 is 5.97 Å². The standard InChI is InChI=1S/C22H28N2O2S/c1-23(2)18-11-7-16(8-12-18)21(17-9-13-19(27-3)14-10-17)24-15-5-4-6-20(24)22(25)26/h7-14,20-21H,4-6,15H2,1-3H3,(H,25,26). The first-order valence-electron chi connectivity index (χ1n) is 9.41. The Balaban J connectivity index is 2.03. The molecule has 4 nitrogen and oxygen atoms in total. The first kappa shape index (κ1) is 19.8. The first-order valence-corrected chi connectivity index (χ1v) is 10.6. The molecular formula is C22H28N2O2S. The van der Waals surface area contributed by atoms with Crippen LogP contribution in [-0.4, -0.2) is 48.9 Å². The fourth-order valence-corrected chi connectivity index (χ4v) is 4.25. The summed E-state index contributed by atoms with van der Waals surface area (Å²) < 4.78 is 0. The summed E-state index contributed by atoms with van der Waals surface area (Å²) in [6, 6.07) is 16.6. The van der Waals surface area contributed by atoms with Gasteiger partial charge in [0, 0.05) is 24.7 Å². The molecule has 2 aromatic rings. The molecule has 0 amide bonds. The minimum Gasteiger partial charge on any atom is -0.480 e. The second kappa shape index (κ2) is 8.81. The third-order valence-electron chi connectivity index (χ3n) is 5.32. The van der Waals surface area contributed by atoms with E-state index in [0.29, 0.717) is 6.42 Å². The van der Waals surface area contributed by atoms with Crippen molar-refractivity contribution in [1.29, 1.82) is 0 Å². The topological polar surface area (TPSA) is 43.8 Å². The molecule has 0 aromatic heterocycles. The predicted molar refractivity (Wildman–Crippen MR) is 113 cm³/mol. The third kappa shape index (κ3) is 4.47. The zero-order valence-corrected chi connectivity index (χ0v) is 17.1. The molecule has 1 fully saturated rings. The molecule has 1 saturated heterocycles. The van der Waals surface area contributed by atoms with Gasteiger partial charge in [0.15, 0.2) is 0 Å². The van der Waals surface area contributed by atoms with E-state index in [-0.39, 0.29) is 6.04 Å². The molecule has 144 valence electrons. The van der Waals surface area contributed by atoms with E-state index in [1.165, 1.54) is 4.90 Å². The summed E-state index contributed by atoms with van der Waals surface area (Å²) in [6.07, 6.45) is 4.80. The van der Waals surface area contributed by atoms with Crippen molar-refractivity contribution in [3.63, 3.8) is 0 Å². The zero-order chi connectivity index (χ0) is 19.4. The van der Waals surface area contributed by atoms with Gasteiger partial charge in [0.05, 0.1) is 6.04 Å². The lowest BCUT2D eigenvalue weighted by atomic mass is 9.91. The minimum atomic E-state index is -0.717. The number of hydrogen-bond acceptors (Lipinski definition) is 4. The Hall–Kier alpha value is -1.98. The summed E-state index contributed by atoms with van der Waals surface area (Å²) in [5, 5.41) is 9.80. The van der Waals surface area contributed by atoms with Crippen molar-refractivity contribution >= 4 is 23.4 Å². The van der Waals surface area contributed by atoms with Crippen LogP contribution in [0.5, 0.6) is 0 Å². The number of aliphatic carboxylic acids is 1. The molecule has 2 atom stereocenters. The van der Waals surface area contributed by atoms with Gasteiger partial charge in [-0.05, 0) is 61.0 Å². The number of thioether (sulfide) groups is 1. The molecule has 2 unspecified atom stereocenters. The average molecular weight is 385 g/mol. The number of carboxylic acids is 1. The lowest BCUT2D eigenvalue weighted by molar-refractivity contribution is -0.145. The van der Waals surface area contributed by atoms with Gasteiger partial charge < -0.3 is 10.0 Å². The maximum absolute atomic E-state index is 11.9. The maximum Gasteiger partial charge on any atom is 0.320 e. The molecule has 0 bridgehead atoms. The Kier molecular flexibility index (Phi) is 6.45. The Bertz CT molecular complexity index is 759. The number of carboxylic acid groups (broad SMARTS) is 1. The van der Waals surface area contributed by atoms with E-state index in [0.717, 1.165) is 36.2 Å². The second-order valence-electron chi connectivity index (χ2n) is 7.25. The van der Waals surface area contributed by atoms with Crippen molar-refractivity contribution in [1.82, 2.24) is 4.90 Å². The van der Waals surface area contributed by atoms with Crippen molar-refractivity contribution in [2.75, 3.05) is 31.8 Å². The van der Waals surface area contributed by atoms with E-state index in [1.807, 2.05) is 14.1 Å². The number of likely N-dealkylation sites (tertiary alicyclic amines) is 1. The van der Waals surface area contributed by atoms with Crippen molar-refractivity contribution in [3.8, 4) is 0 Å². The fraction of sp³-hybridized carbons (Fsp3) is 0.409. The smallest absolute Gasteiger partial charge is 0.320 e. The minimum absolute atomic E-state index is 0.0430. The number of benzene rings is 2. The number of hydrogen-bond donors (Lipinski definition) is 1. The summed E-state index contributed by atoms with van der Waals surface area (Å²) in [5.41, 5.74) is 3.44. The molecule has 2 aromatic carbocycles. The summed E-state index contributed by atoms with van der Waals surface area (Å²) in [5.74, 6) is -0.717. The molecule has 3 rings (SSSR count). The van der Waals surface area contributed by atoms with Crippen molar-refractivity contribution in [2.45, 2.75) is 36.2 Å². The van der Waals surface area contributed by atoms with E-state index in [2.05, 4.69) is 64.6 Å². The quantitative estimate of drug-likeness (QED) is 0.743. The molecule has 1 N–H and O–H groups in total. The Labute approximate surface area is 166 Å². The van der Waals surface area contributed by atoms with Gasteiger partial charge in [0.1, 0.15) is 6.04 Å². The Morgan fingerprint density at radius 2 is 1.67 bits per heavy atom. The van der Waals surface area contributed by atoms with E-state index in [4.69, 9.17) is 0 Å². The van der Waals surface area contributed by atoms with Gasteiger partial charge in [-0.25, -0.2) is 0 Å². The van der Waals surface area contributed by atoms with Crippen molar-refractivity contribution < 1.29 is 9.90 Å². The highest BCUT2D eigenvalue weighted by Crippen LogP contribution is 2.35. The summed E-state index contributed by atoms with van der Waals surface area (Å²) in [7, 11) is 4.05. The first-order chi connectivity index (χ1) is 13.0. The van der Waals surface area contributed by atoms with Crippen LogP contribution in [-0.2, 0) is 4.79 Å². The van der Waals surface area contributed by atoms with E-state index in [9.17, 15) is 9.90 Å². The van der Waals surface area contributed by atoms with Crippen LogP contribution in [0.15, 0.2) is 53.4 Å². The largest absolute Gasteiger partial charge is 0.480 e. The van der Waals surface area contributed by atoms with Gasteiger partial charge in [0.2, 0.25) is 0 Å². The van der Waals surface area contributed by atoms with Gasteiger partial charge in [-0.1, -0.05) is 30.7 Å². The van der Waals surface area contributed by atoms with E-state index < -0.39 is 12.0 Å². The number of anilines is 1. The predicted octanol–water partition coefficient (Wildman–Crippen LogP) is 4.50. The zero-order valence-electron chi connectivity index (χ0n) is 16.3. The molecule has 1 heterocycles. The summed E-state index contributed by atoms with van der Waals surface area (Å²) in [4.78, 5) is 17.4. The van der Waals surface area contributed by atoms with Gasteiger partial charge in [0.25, 0.3) is 0 Å². The highest BCUT2D eigenvalue weighted by atomic mass is 32.2. The molecule has 27 heavy (non-hydrogen) atoms. The highest BCUT2D eigenvalue weighted by Gasteiger charge is 2.35. The molecule has 0 spiro atoms. The average Bonchev–Trinajstić information content (AvgIpc) is 2.69. The van der Waals surface area contributed by atoms with Gasteiger partial charge in [-0.2, -0.15) is 0 Å². The Morgan fingerprint density at radius 3 is 2.19 bits per heavy atom. The molecule has 1 aliphatic heterocycles. The number of nitrogens with zero attached hydrogens (tertiary/aromatic N) is 2. The van der Waals surface area contributed by atoms with Crippen LogP contribution in [0.25, 0.3) is 0 Å². The summed E-state index contributed by atoms with van der Waals surface area (Å²) >= 11 is 1.72. The lowest BCUT2D eigenvalue weighted by Gasteiger charge is -2.39. The third-order valence-corrected chi connectivity index (χ3v) is 6.06. The normalized spacial score (nSPS) is 18.9. The molecule has 0 aliphatic carbocycles. The molecule has 0 saturated carbocycles. The van der Waals surface area contributed by atoms with E-state index in [1.54, 1.807) is 11.8 Å². The van der Waals surface area contributed by atoms with E-state index >= 15 is 0 Å². The maximum atomic E-state index is 11.9. The van der Waals surface area contributed by atoms with Crippen LogP contribution < -0.4 is 4.90 Å². The van der Waals surface area contributed by atoms with Gasteiger partial charge in [-0.15, -0.1) is 11.8 Å². The van der Waals surface area contributed by atoms with Crippen molar-refractivity contribution in [3.05, 3.63) is 59.7 Å². The molecular weight excluding hydrogens is 356 g/mol. The van der Waals surface area contributed by atoms with Crippen LogP contribution in [0.1, 0.15) is 36.4 Å². The SMILES string of the molecule is CSc1ccc(C(c2ccc(N(C)C)cc2)N2CCCCC2C(=O)O)cc1. The number of piperidine rings is 1. The van der Waals surface area contributed by atoms with Crippen molar-refractivity contribution in [2.24, 2.45) is 0 Å².